The van der Waals surface area contributed by atoms with Crippen LogP contribution in [0.1, 0.15) is 26.3 Å². The average Bonchev–Trinajstić information content (AvgIpc) is 2.58. The third kappa shape index (κ3) is 2.99. The maximum Gasteiger partial charge on any atom is 0.0642 e. The number of rotatable bonds is 3. The quantitative estimate of drug-likeness (QED) is 0.909. The van der Waals surface area contributed by atoms with Gasteiger partial charge < -0.3 is 10.6 Å². The van der Waals surface area contributed by atoms with Crippen LogP contribution in [0, 0.1) is 11.8 Å². The van der Waals surface area contributed by atoms with E-state index < -0.39 is 0 Å². The summed E-state index contributed by atoms with van der Waals surface area (Å²) >= 11 is 6.41. The number of halogens is 1. The third-order valence-corrected chi connectivity index (χ3v) is 4.20. The first kappa shape index (κ1) is 13.7. The van der Waals surface area contributed by atoms with Crippen LogP contribution in [0.2, 0.25) is 5.02 Å². The number of benzene rings is 1. The molecule has 2 nitrogen and oxygen atoms in total. The molecule has 3 unspecified atom stereocenters. The lowest BCUT2D eigenvalue weighted by Crippen LogP contribution is -2.20. The average molecular weight is 267 g/mol. The predicted octanol–water partition coefficient (Wildman–Crippen LogP) is 3.32. The molecule has 1 saturated heterocycles. The van der Waals surface area contributed by atoms with E-state index in [0.717, 1.165) is 36.4 Å². The summed E-state index contributed by atoms with van der Waals surface area (Å²) in [5.74, 6) is 1.48. The van der Waals surface area contributed by atoms with Gasteiger partial charge in [0.25, 0.3) is 0 Å². The van der Waals surface area contributed by atoms with Crippen molar-refractivity contribution in [1.29, 1.82) is 0 Å². The number of anilines is 1. The molecule has 2 N–H and O–H groups in total. The van der Waals surface area contributed by atoms with E-state index >= 15 is 0 Å². The maximum atomic E-state index is 6.41. The Morgan fingerprint density at radius 1 is 1.33 bits per heavy atom. The van der Waals surface area contributed by atoms with Crippen LogP contribution in [0.4, 0.5) is 5.69 Å². The van der Waals surface area contributed by atoms with Gasteiger partial charge in [-0.2, -0.15) is 0 Å². The highest BCUT2D eigenvalue weighted by Crippen LogP contribution is 2.33. The Labute approximate surface area is 115 Å². The van der Waals surface area contributed by atoms with E-state index in [1.807, 2.05) is 6.92 Å². The first-order chi connectivity index (χ1) is 8.47. The van der Waals surface area contributed by atoms with Crippen molar-refractivity contribution in [2.45, 2.75) is 33.2 Å². The van der Waals surface area contributed by atoms with E-state index in [2.05, 4.69) is 36.9 Å². The Bertz CT molecular complexity index is 407. The van der Waals surface area contributed by atoms with Crippen molar-refractivity contribution in [3.05, 3.63) is 28.8 Å². The minimum atomic E-state index is 0.179. The van der Waals surface area contributed by atoms with E-state index in [1.165, 1.54) is 11.3 Å². The SMILES string of the molecule is CC(N)Cc1ccc(N2CC(C)C(C)C2)c(Cl)c1. The van der Waals surface area contributed by atoms with Crippen molar-refractivity contribution in [3.63, 3.8) is 0 Å². The van der Waals surface area contributed by atoms with Crippen molar-refractivity contribution in [2.75, 3.05) is 18.0 Å². The lowest BCUT2D eigenvalue weighted by atomic mass is 10.0. The summed E-state index contributed by atoms with van der Waals surface area (Å²) in [6.07, 6.45) is 0.882. The van der Waals surface area contributed by atoms with E-state index in [1.54, 1.807) is 0 Å². The molecule has 1 heterocycles. The summed E-state index contributed by atoms with van der Waals surface area (Å²) in [5, 5.41) is 0.856. The third-order valence-electron chi connectivity index (χ3n) is 3.90. The highest BCUT2D eigenvalue weighted by atomic mass is 35.5. The lowest BCUT2D eigenvalue weighted by molar-refractivity contribution is 0.494. The van der Waals surface area contributed by atoms with E-state index in [4.69, 9.17) is 17.3 Å². The van der Waals surface area contributed by atoms with Gasteiger partial charge in [0.15, 0.2) is 0 Å². The fourth-order valence-electron chi connectivity index (χ4n) is 2.63. The molecule has 0 radical (unpaired) electrons. The van der Waals surface area contributed by atoms with Gasteiger partial charge in [0, 0.05) is 19.1 Å². The summed E-state index contributed by atoms with van der Waals surface area (Å²) in [6, 6.07) is 6.54. The second-order valence-corrected chi connectivity index (χ2v) is 6.23. The van der Waals surface area contributed by atoms with E-state index in [0.29, 0.717) is 0 Å². The Balaban J connectivity index is 2.15. The van der Waals surface area contributed by atoms with Crippen LogP contribution < -0.4 is 10.6 Å². The first-order valence-corrected chi connectivity index (χ1v) is 7.14. The van der Waals surface area contributed by atoms with E-state index in [9.17, 15) is 0 Å². The van der Waals surface area contributed by atoms with Crippen LogP contribution >= 0.6 is 11.6 Å². The number of nitrogens with zero attached hydrogens (tertiary/aromatic N) is 1. The second kappa shape index (κ2) is 5.50. The fourth-order valence-corrected chi connectivity index (χ4v) is 2.95. The molecule has 1 aliphatic rings. The fraction of sp³-hybridized carbons (Fsp3) is 0.600. The van der Waals surface area contributed by atoms with Gasteiger partial charge in [-0.05, 0) is 42.9 Å². The van der Waals surface area contributed by atoms with Crippen molar-refractivity contribution in [3.8, 4) is 0 Å². The zero-order chi connectivity index (χ0) is 13.3. The summed E-state index contributed by atoms with van der Waals surface area (Å²) in [5.41, 5.74) is 8.21. The van der Waals surface area contributed by atoms with E-state index in [-0.39, 0.29) is 6.04 Å². The van der Waals surface area contributed by atoms with Crippen LogP contribution in [0.15, 0.2) is 18.2 Å². The molecule has 1 aliphatic heterocycles. The van der Waals surface area contributed by atoms with Crippen LogP contribution in [0.3, 0.4) is 0 Å². The Morgan fingerprint density at radius 3 is 2.44 bits per heavy atom. The number of hydrogen-bond acceptors (Lipinski definition) is 2. The van der Waals surface area contributed by atoms with Crippen LogP contribution in [0.25, 0.3) is 0 Å². The normalized spacial score (nSPS) is 25.5. The van der Waals surface area contributed by atoms with Crippen molar-refractivity contribution in [1.82, 2.24) is 0 Å². The Hall–Kier alpha value is -0.730. The van der Waals surface area contributed by atoms with Crippen molar-refractivity contribution < 1.29 is 0 Å². The zero-order valence-corrected chi connectivity index (χ0v) is 12.2. The highest BCUT2D eigenvalue weighted by molar-refractivity contribution is 6.33. The molecular weight excluding hydrogens is 244 g/mol. The molecule has 0 spiro atoms. The summed E-state index contributed by atoms with van der Waals surface area (Å²) in [7, 11) is 0. The molecule has 3 heteroatoms. The van der Waals surface area contributed by atoms with Crippen LogP contribution in [0.5, 0.6) is 0 Å². The Morgan fingerprint density at radius 2 is 1.94 bits per heavy atom. The standard InChI is InChI=1S/C15H23ClN2/c1-10-8-18(9-11(10)2)15-5-4-13(6-12(3)17)7-14(15)16/h4-5,7,10-12H,6,8-9,17H2,1-3H3. The second-order valence-electron chi connectivity index (χ2n) is 5.83. The zero-order valence-electron chi connectivity index (χ0n) is 11.5. The molecule has 3 atom stereocenters. The minimum Gasteiger partial charge on any atom is -0.370 e. The molecule has 0 amide bonds. The van der Waals surface area contributed by atoms with Crippen LogP contribution in [-0.2, 0) is 6.42 Å². The molecule has 18 heavy (non-hydrogen) atoms. The minimum absolute atomic E-state index is 0.179. The van der Waals surface area contributed by atoms with Gasteiger partial charge >= 0.3 is 0 Å². The molecular formula is C15H23ClN2. The van der Waals surface area contributed by atoms with Gasteiger partial charge in [0.1, 0.15) is 0 Å². The molecule has 100 valence electrons. The topological polar surface area (TPSA) is 29.3 Å². The number of hydrogen-bond donors (Lipinski definition) is 1. The summed E-state index contributed by atoms with van der Waals surface area (Å²) < 4.78 is 0. The molecule has 0 saturated carbocycles. The van der Waals surface area contributed by atoms with Gasteiger partial charge in [0.2, 0.25) is 0 Å². The van der Waals surface area contributed by atoms with Gasteiger partial charge in [-0.15, -0.1) is 0 Å². The van der Waals surface area contributed by atoms with Gasteiger partial charge in [-0.25, -0.2) is 0 Å². The lowest BCUT2D eigenvalue weighted by Gasteiger charge is -2.20. The van der Waals surface area contributed by atoms with Gasteiger partial charge in [0.05, 0.1) is 10.7 Å². The molecule has 1 aromatic carbocycles. The highest BCUT2D eigenvalue weighted by Gasteiger charge is 2.27. The maximum absolute atomic E-state index is 6.41. The molecule has 1 fully saturated rings. The number of nitrogens with two attached hydrogens (primary N) is 1. The summed E-state index contributed by atoms with van der Waals surface area (Å²) in [4.78, 5) is 2.40. The monoisotopic (exact) mass is 266 g/mol. The van der Waals surface area contributed by atoms with Gasteiger partial charge in [-0.3, -0.25) is 0 Å². The molecule has 0 bridgehead atoms. The smallest absolute Gasteiger partial charge is 0.0642 e. The van der Waals surface area contributed by atoms with Crippen molar-refractivity contribution in [2.24, 2.45) is 17.6 Å². The van der Waals surface area contributed by atoms with Gasteiger partial charge in [-0.1, -0.05) is 31.5 Å². The first-order valence-electron chi connectivity index (χ1n) is 6.76. The van der Waals surface area contributed by atoms with Crippen LogP contribution in [-0.4, -0.2) is 19.1 Å². The Kier molecular flexibility index (Phi) is 4.18. The predicted molar refractivity (Wildman–Crippen MR) is 79.3 cm³/mol. The largest absolute Gasteiger partial charge is 0.370 e. The van der Waals surface area contributed by atoms with Crippen molar-refractivity contribution >= 4 is 17.3 Å². The molecule has 0 aliphatic carbocycles. The molecule has 1 aromatic rings. The summed E-state index contributed by atoms with van der Waals surface area (Å²) in [6.45, 7) is 8.85. The molecule has 0 aromatic heterocycles. The molecule has 2 rings (SSSR count).